The molecule has 0 bridgehead atoms. The molecule has 21 heavy (non-hydrogen) atoms. The van der Waals surface area contributed by atoms with Gasteiger partial charge < -0.3 is 0 Å². The Hall–Kier alpha value is -0.780. The molecular weight excluding hydrogens is 252 g/mol. The Balaban J connectivity index is 1.94. The van der Waals surface area contributed by atoms with Crippen molar-refractivity contribution >= 4 is 0 Å². The minimum Gasteiger partial charge on any atom is -0.103 e. The van der Waals surface area contributed by atoms with Crippen LogP contribution in [-0.4, -0.2) is 0 Å². The van der Waals surface area contributed by atoms with Gasteiger partial charge >= 0.3 is 0 Å². The van der Waals surface area contributed by atoms with Crippen molar-refractivity contribution in [2.45, 2.75) is 72.1 Å². The smallest absolute Gasteiger partial charge is 0.00507 e. The third-order valence-electron chi connectivity index (χ3n) is 6.82. The van der Waals surface area contributed by atoms with Crippen LogP contribution in [0, 0.1) is 22.7 Å². The Morgan fingerprint density at radius 2 is 2.14 bits per heavy atom. The van der Waals surface area contributed by atoms with Crippen LogP contribution >= 0.6 is 0 Å². The SMILES string of the molecule is C=C[C@@]1(C)CC=C2C(CCC3C=C(CC)CCC[C@@]23C)C1. The van der Waals surface area contributed by atoms with E-state index in [0.29, 0.717) is 10.8 Å². The summed E-state index contributed by atoms with van der Waals surface area (Å²) in [5.74, 6) is 1.62. The highest BCUT2D eigenvalue weighted by Crippen LogP contribution is 2.57. The molecule has 0 heteroatoms. The summed E-state index contributed by atoms with van der Waals surface area (Å²) in [6.45, 7) is 11.4. The van der Waals surface area contributed by atoms with Crippen molar-refractivity contribution in [2.75, 3.05) is 0 Å². The third-order valence-corrected chi connectivity index (χ3v) is 6.82. The normalized spacial score (nSPS) is 43.0. The second-order valence-corrected chi connectivity index (χ2v) is 8.26. The Morgan fingerprint density at radius 1 is 1.33 bits per heavy atom. The molecule has 0 N–H and O–H groups in total. The zero-order valence-corrected chi connectivity index (χ0v) is 14.3. The fraction of sp³-hybridized carbons (Fsp3) is 0.714. The summed E-state index contributed by atoms with van der Waals surface area (Å²) in [6, 6.07) is 0. The quantitative estimate of drug-likeness (QED) is 0.511. The van der Waals surface area contributed by atoms with Crippen molar-refractivity contribution in [3.8, 4) is 0 Å². The molecule has 3 aliphatic rings. The lowest BCUT2D eigenvalue weighted by Gasteiger charge is -2.50. The summed E-state index contributed by atoms with van der Waals surface area (Å²) in [6.07, 6.45) is 18.2. The minimum atomic E-state index is 0.340. The van der Waals surface area contributed by atoms with Crippen LogP contribution in [-0.2, 0) is 0 Å². The number of hydrogen-bond acceptors (Lipinski definition) is 0. The van der Waals surface area contributed by atoms with E-state index in [1.165, 1.54) is 51.4 Å². The molecule has 0 amide bonds. The first-order valence-corrected chi connectivity index (χ1v) is 9.04. The minimum absolute atomic E-state index is 0.340. The van der Waals surface area contributed by atoms with Gasteiger partial charge in [0, 0.05) is 0 Å². The first-order chi connectivity index (χ1) is 10.0. The van der Waals surface area contributed by atoms with Crippen molar-refractivity contribution in [2.24, 2.45) is 22.7 Å². The molecule has 0 aromatic carbocycles. The average Bonchev–Trinajstić information content (AvgIpc) is 2.65. The second-order valence-electron chi connectivity index (χ2n) is 8.26. The number of allylic oxidation sites excluding steroid dienone is 5. The van der Waals surface area contributed by atoms with Crippen molar-refractivity contribution in [1.82, 2.24) is 0 Å². The van der Waals surface area contributed by atoms with Gasteiger partial charge in [-0.1, -0.05) is 50.1 Å². The first kappa shape index (κ1) is 15.1. The summed E-state index contributed by atoms with van der Waals surface area (Å²) in [5, 5.41) is 0. The fourth-order valence-corrected chi connectivity index (χ4v) is 5.25. The van der Waals surface area contributed by atoms with E-state index in [4.69, 9.17) is 0 Å². The van der Waals surface area contributed by atoms with E-state index in [1.54, 1.807) is 5.57 Å². The van der Waals surface area contributed by atoms with Gasteiger partial charge in [0.05, 0.1) is 0 Å². The molecule has 3 aliphatic carbocycles. The molecule has 0 nitrogen and oxygen atoms in total. The standard InChI is InChI=1S/C21H32/c1-5-16-8-7-12-21(4)18(14-16)10-9-17-15-20(3,6-2)13-11-19(17)21/h6,11,14,17-18H,2,5,7-10,12-13,15H2,1,3-4H3/t17?,18?,20-,21+/m0/s1. The Labute approximate surface area is 131 Å². The van der Waals surface area contributed by atoms with Gasteiger partial charge in [-0.25, -0.2) is 0 Å². The predicted molar refractivity (Wildman–Crippen MR) is 92.2 cm³/mol. The van der Waals surface area contributed by atoms with E-state index < -0.39 is 0 Å². The van der Waals surface area contributed by atoms with Crippen LogP contribution in [0.15, 0.2) is 36.0 Å². The van der Waals surface area contributed by atoms with Crippen LogP contribution in [0.5, 0.6) is 0 Å². The van der Waals surface area contributed by atoms with Gasteiger partial charge in [-0.3, -0.25) is 0 Å². The molecule has 2 unspecified atom stereocenters. The van der Waals surface area contributed by atoms with Crippen LogP contribution in [0.4, 0.5) is 0 Å². The van der Waals surface area contributed by atoms with E-state index in [1.807, 2.05) is 5.57 Å². The first-order valence-electron chi connectivity index (χ1n) is 9.04. The molecular formula is C21H32. The Bertz CT molecular complexity index is 480. The molecule has 0 saturated heterocycles. The van der Waals surface area contributed by atoms with Gasteiger partial charge in [-0.15, -0.1) is 6.58 Å². The van der Waals surface area contributed by atoms with E-state index in [0.717, 1.165) is 11.8 Å². The van der Waals surface area contributed by atoms with Gasteiger partial charge in [0.2, 0.25) is 0 Å². The summed E-state index contributed by atoms with van der Waals surface area (Å²) >= 11 is 0. The maximum Gasteiger partial charge on any atom is -0.00507 e. The average molecular weight is 284 g/mol. The Kier molecular flexibility index (Phi) is 3.93. The van der Waals surface area contributed by atoms with Gasteiger partial charge in [0.25, 0.3) is 0 Å². The lowest BCUT2D eigenvalue weighted by Crippen LogP contribution is -2.40. The largest absolute Gasteiger partial charge is 0.103 e. The van der Waals surface area contributed by atoms with Gasteiger partial charge in [-0.2, -0.15) is 0 Å². The number of rotatable bonds is 2. The highest BCUT2D eigenvalue weighted by Gasteiger charge is 2.46. The fourth-order valence-electron chi connectivity index (χ4n) is 5.25. The maximum atomic E-state index is 4.09. The summed E-state index contributed by atoms with van der Waals surface area (Å²) in [5.41, 5.74) is 4.32. The van der Waals surface area contributed by atoms with E-state index in [-0.39, 0.29) is 0 Å². The predicted octanol–water partition coefficient (Wildman–Crippen LogP) is 6.45. The zero-order chi connectivity index (χ0) is 15.1. The van der Waals surface area contributed by atoms with E-state index in [2.05, 4.69) is 45.6 Å². The van der Waals surface area contributed by atoms with Gasteiger partial charge in [0.15, 0.2) is 0 Å². The summed E-state index contributed by atoms with van der Waals surface area (Å²) < 4.78 is 0. The Morgan fingerprint density at radius 3 is 2.86 bits per heavy atom. The summed E-state index contributed by atoms with van der Waals surface area (Å²) in [4.78, 5) is 0. The third kappa shape index (κ3) is 2.56. The molecule has 1 saturated carbocycles. The molecule has 0 spiro atoms. The van der Waals surface area contributed by atoms with Crippen molar-refractivity contribution in [3.63, 3.8) is 0 Å². The van der Waals surface area contributed by atoms with Crippen LogP contribution in [0.2, 0.25) is 0 Å². The molecule has 116 valence electrons. The van der Waals surface area contributed by atoms with Crippen LogP contribution in [0.1, 0.15) is 72.1 Å². The maximum absolute atomic E-state index is 4.09. The lowest BCUT2D eigenvalue weighted by molar-refractivity contribution is 0.142. The van der Waals surface area contributed by atoms with Crippen molar-refractivity contribution in [3.05, 3.63) is 36.0 Å². The molecule has 0 aromatic heterocycles. The monoisotopic (exact) mass is 284 g/mol. The van der Waals surface area contributed by atoms with Crippen molar-refractivity contribution in [1.29, 1.82) is 0 Å². The summed E-state index contributed by atoms with van der Waals surface area (Å²) in [7, 11) is 0. The van der Waals surface area contributed by atoms with Crippen LogP contribution in [0.3, 0.4) is 0 Å². The van der Waals surface area contributed by atoms with Gasteiger partial charge in [0.1, 0.15) is 0 Å². The topological polar surface area (TPSA) is 0 Å². The molecule has 0 radical (unpaired) electrons. The molecule has 3 rings (SSSR count). The molecule has 1 fully saturated rings. The molecule has 4 atom stereocenters. The second kappa shape index (κ2) is 5.45. The van der Waals surface area contributed by atoms with E-state index >= 15 is 0 Å². The molecule has 0 aliphatic heterocycles. The lowest BCUT2D eigenvalue weighted by atomic mass is 9.54. The number of hydrogen-bond donors (Lipinski definition) is 0. The van der Waals surface area contributed by atoms with Crippen LogP contribution < -0.4 is 0 Å². The highest BCUT2D eigenvalue weighted by molar-refractivity contribution is 5.29. The van der Waals surface area contributed by atoms with Crippen molar-refractivity contribution < 1.29 is 0 Å². The molecule has 0 aromatic rings. The highest BCUT2D eigenvalue weighted by atomic mass is 14.5. The van der Waals surface area contributed by atoms with Gasteiger partial charge in [-0.05, 0) is 74.0 Å². The zero-order valence-electron chi connectivity index (χ0n) is 14.3. The molecule has 0 heterocycles. The van der Waals surface area contributed by atoms with E-state index in [9.17, 15) is 0 Å². The number of fused-ring (bicyclic) bond motifs is 3. The van der Waals surface area contributed by atoms with Crippen LogP contribution in [0.25, 0.3) is 0 Å².